The molecule has 22 heavy (non-hydrogen) atoms. The molecule has 0 aliphatic carbocycles. The number of amides is 2. The molecule has 0 spiro atoms. The van der Waals surface area contributed by atoms with Gasteiger partial charge in [0.15, 0.2) is 0 Å². The number of nitrogens with zero attached hydrogens (tertiary/aromatic N) is 2. The van der Waals surface area contributed by atoms with Crippen molar-refractivity contribution in [1.29, 1.82) is 0 Å². The maximum absolute atomic E-state index is 13.5. The van der Waals surface area contributed by atoms with Crippen LogP contribution in [-0.2, 0) is 16.1 Å². The summed E-state index contributed by atoms with van der Waals surface area (Å²) in [6.45, 7) is 5.45. The Morgan fingerprint density at radius 1 is 1.09 bits per heavy atom. The lowest BCUT2D eigenvalue weighted by atomic mass is 10.2. The molecular weight excluding hydrogens is 303 g/mol. The number of hydrogen-bond acceptors (Lipinski definition) is 3. The number of thioether (sulfide) groups is 1. The Balaban J connectivity index is 2.39. The summed E-state index contributed by atoms with van der Waals surface area (Å²) in [5.41, 5.74) is 0.488. The van der Waals surface area contributed by atoms with E-state index >= 15 is 0 Å². The molecule has 0 aliphatic heterocycles. The molecule has 0 N–H and O–H groups in total. The monoisotopic (exact) mass is 326 g/mol. The molecule has 0 bridgehead atoms. The van der Waals surface area contributed by atoms with Gasteiger partial charge in [0.1, 0.15) is 5.82 Å². The number of benzene rings is 1. The topological polar surface area (TPSA) is 40.6 Å². The van der Waals surface area contributed by atoms with Gasteiger partial charge in [-0.25, -0.2) is 4.39 Å². The van der Waals surface area contributed by atoms with Crippen LogP contribution in [-0.4, -0.2) is 53.3 Å². The summed E-state index contributed by atoms with van der Waals surface area (Å²) in [5.74, 6) is 0.130. The van der Waals surface area contributed by atoms with Crippen molar-refractivity contribution in [3.05, 3.63) is 35.6 Å². The fourth-order valence-electron chi connectivity index (χ4n) is 1.97. The SMILES string of the molecule is CCN(CC)C(=O)CSCC(=O)N(C)Cc1ccccc1F. The van der Waals surface area contributed by atoms with E-state index in [4.69, 9.17) is 0 Å². The number of rotatable bonds is 8. The largest absolute Gasteiger partial charge is 0.343 e. The second kappa shape index (κ2) is 9.46. The maximum atomic E-state index is 13.5. The number of carbonyl (C=O) groups excluding carboxylic acids is 2. The smallest absolute Gasteiger partial charge is 0.232 e. The van der Waals surface area contributed by atoms with Crippen molar-refractivity contribution in [2.45, 2.75) is 20.4 Å². The summed E-state index contributed by atoms with van der Waals surface area (Å²) < 4.78 is 13.5. The van der Waals surface area contributed by atoms with Gasteiger partial charge in [0, 0.05) is 32.2 Å². The lowest BCUT2D eigenvalue weighted by Crippen LogP contribution is -2.33. The van der Waals surface area contributed by atoms with Gasteiger partial charge in [0.05, 0.1) is 11.5 Å². The average molecular weight is 326 g/mol. The van der Waals surface area contributed by atoms with Crippen LogP contribution < -0.4 is 0 Å². The quantitative estimate of drug-likeness (QED) is 0.736. The predicted octanol–water partition coefficient (Wildman–Crippen LogP) is 2.39. The van der Waals surface area contributed by atoms with E-state index in [1.165, 1.54) is 22.7 Å². The first-order valence-corrected chi connectivity index (χ1v) is 8.47. The molecule has 0 atom stereocenters. The summed E-state index contributed by atoms with van der Waals surface area (Å²) in [5, 5.41) is 0. The minimum Gasteiger partial charge on any atom is -0.343 e. The van der Waals surface area contributed by atoms with Crippen LogP contribution in [0, 0.1) is 5.82 Å². The van der Waals surface area contributed by atoms with Crippen LogP contribution in [0.1, 0.15) is 19.4 Å². The summed E-state index contributed by atoms with van der Waals surface area (Å²) in [7, 11) is 1.64. The molecule has 4 nitrogen and oxygen atoms in total. The Morgan fingerprint density at radius 3 is 2.27 bits per heavy atom. The Kier molecular flexibility index (Phi) is 7.95. The predicted molar refractivity (Wildman–Crippen MR) is 88.1 cm³/mol. The summed E-state index contributed by atoms with van der Waals surface area (Å²) in [4.78, 5) is 27.0. The van der Waals surface area contributed by atoms with Crippen molar-refractivity contribution in [3.63, 3.8) is 0 Å². The van der Waals surface area contributed by atoms with Crippen molar-refractivity contribution >= 4 is 23.6 Å². The van der Waals surface area contributed by atoms with E-state index in [2.05, 4.69) is 0 Å². The van der Waals surface area contributed by atoms with Crippen molar-refractivity contribution in [3.8, 4) is 0 Å². The first-order chi connectivity index (χ1) is 10.5. The highest BCUT2D eigenvalue weighted by atomic mass is 32.2. The van der Waals surface area contributed by atoms with E-state index in [0.717, 1.165) is 0 Å². The van der Waals surface area contributed by atoms with Crippen molar-refractivity contribution in [2.24, 2.45) is 0 Å². The fourth-order valence-corrected chi connectivity index (χ4v) is 2.83. The third kappa shape index (κ3) is 5.67. The molecule has 0 aromatic heterocycles. The van der Waals surface area contributed by atoms with Crippen LogP contribution in [0.4, 0.5) is 4.39 Å². The van der Waals surface area contributed by atoms with E-state index in [9.17, 15) is 14.0 Å². The zero-order valence-electron chi connectivity index (χ0n) is 13.3. The number of halogens is 1. The van der Waals surface area contributed by atoms with E-state index in [-0.39, 0.29) is 29.9 Å². The molecule has 0 radical (unpaired) electrons. The fraction of sp³-hybridized carbons (Fsp3) is 0.500. The Morgan fingerprint density at radius 2 is 1.68 bits per heavy atom. The summed E-state index contributed by atoms with van der Waals surface area (Å²) in [6.07, 6.45) is 0. The van der Waals surface area contributed by atoms with Gasteiger partial charge < -0.3 is 9.80 Å². The third-order valence-electron chi connectivity index (χ3n) is 3.36. The van der Waals surface area contributed by atoms with Crippen LogP contribution in [0.25, 0.3) is 0 Å². The highest BCUT2D eigenvalue weighted by Gasteiger charge is 2.14. The molecule has 1 aromatic carbocycles. The van der Waals surface area contributed by atoms with Gasteiger partial charge in [-0.15, -0.1) is 11.8 Å². The van der Waals surface area contributed by atoms with E-state index in [1.54, 1.807) is 30.1 Å². The van der Waals surface area contributed by atoms with E-state index < -0.39 is 0 Å². The van der Waals surface area contributed by atoms with Gasteiger partial charge in [-0.2, -0.15) is 0 Å². The summed E-state index contributed by atoms with van der Waals surface area (Å²) in [6, 6.07) is 6.41. The second-order valence-electron chi connectivity index (χ2n) is 4.90. The molecule has 0 heterocycles. The van der Waals surface area contributed by atoms with Gasteiger partial charge in [-0.05, 0) is 19.9 Å². The molecule has 0 saturated heterocycles. The number of carbonyl (C=O) groups is 2. The van der Waals surface area contributed by atoms with E-state index in [1.807, 2.05) is 13.8 Å². The molecule has 0 aliphatic rings. The standard InChI is InChI=1S/C16H23FN2O2S/c1-4-19(5-2)16(21)12-22-11-15(20)18(3)10-13-8-6-7-9-14(13)17/h6-9H,4-5,10-12H2,1-3H3. The molecule has 0 saturated carbocycles. The van der Waals surface area contributed by atoms with Crippen LogP contribution in [0.3, 0.4) is 0 Å². The highest BCUT2D eigenvalue weighted by molar-refractivity contribution is 8.00. The minimum atomic E-state index is -0.313. The van der Waals surface area contributed by atoms with Crippen molar-refractivity contribution in [1.82, 2.24) is 9.80 Å². The lowest BCUT2D eigenvalue weighted by molar-refractivity contribution is -0.128. The van der Waals surface area contributed by atoms with Crippen molar-refractivity contribution in [2.75, 3.05) is 31.6 Å². The molecule has 0 fully saturated rings. The molecule has 1 aromatic rings. The Labute approximate surface area is 135 Å². The third-order valence-corrected chi connectivity index (χ3v) is 4.26. The van der Waals surface area contributed by atoms with Gasteiger partial charge in [0.25, 0.3) is 0 Å². The van der Waals surface area contributed by atoms with Crippen LogP contribution >= 0.6 is 11.8 Å². The zero-order valence-corrected chi connectivity index (χ0v) is 14.2. The first-order valence-electron chi connectivity index (χ1n) is 7.32. The minimum absolute atomic E-state index is 0.0413. The average Bonchev–Trinajstić information content (AvgIpc) is 2.50. The molecule has 6 heteroatoms. The van der Waals surface area contributed by atoms with Crippen LogP contribution in [0.15, 0.2) is 24.3 Å². The molecule has 122 valence electrons. The van der Waals surface area contributed by atoms with Crippen LogP contribution in [0.5, 0.6) is 0 Å². The van der Waals surface area contributed by atoms with Crippen molar-refractivity contribution < 1.29 is 14.0 Å². The highest BCUT2D eigenvalue weighted by Crippen LogP contribution is 2.11. The molecule has 2 amide bonds. The normalized spacial score (nSPS) is 10.4. The van der Waals surface area contributed by atoms with Gasteiger partial charge in [-0.3, -0.25) is 9.59 Å². The van der Waals surface area contributed by atoms with Crippen LogP contribution in [0.2, 0.25) is 0 Å². The molecule has 1 rings (SSSR count). The molecule has 0 unspecified atom stereocenters. The van der Waals surface area contributed by atoms with Gasteiger partial charge in [0.2, 0.25) is 11.8 Å². The second-order valence-corrected chi connectivity index (χ2v) is 5.89. The van der Waals surface area contributed by atoms with Gasteiger partial charge in [-0.1, -0.05) is 18.2 Å². The first kappa shape index (κ1) is 18.5. The summed E-state index contributed by atoms with van der Waals surface area (Å²) >= 11 is 1.30. The lowest BCUT2D eigenvalue weighted by Gasteiger charge is -2.19. The Hall–Kier alpha value is -1.56. The zero-order chi connectivity index (χ0) is 16.5. The number of hydrogen-bond donors (Lipinski definition) is 0. The maximum Gasteiger partial charge on any atom is 0.232 e. The van der Waals surface area contributed by atoms with Gasteiger partial charge >= 0.3 is 0 Å². The van der Waals surface area contributed by atoms with E-state index in [0.29, 0.717) is 24.4 Å². The molecular formula is C16H23FN2O2S. The Bertz CT molecular complexity index is 507.